The Bertz CT molecular complexity index is 437. The van der Waals surface area contributed by atoms with Gasteiger partial charge in [-0.15, -0.1) is 0 Å². The average Bonchev–Trinajstić information content (AvgIpc) is 2.73. The lowest BCUT2D eigenvalue weighted by molar-refractivity contribution is -0.111. The standard InChI is InChI=1S/C13H14Cl2O2/c1-9(13(2)16-6-7-17-13)8-10-4-3-5-11(14)12(10)15/h3-5H,1,6-8H2,2H3. The Labute approximate surface area is 111 Å². The van der Waals surface area contributed by atoms with Crippen molar-refractivity contribution in [3.8, 4) is 0 Å². The molecule has 17 heavy (non-hydrogen) atoms. The average molecular weight is 273 g/mol. The second-order valence-corrected chi connectivity index (χ2v) is 4.92. The Morgan fingerprint density at radius 1 is 1.35 bits per heavy atom. The maximum absolute atomic E-state index is 6.13. The predicted octanol–water partition coefficient (Wildman–Crippen LogP) is 3.86. The van der Waals surface area contributed by atoms with Crippen LogP contribution in [-0.2, 0) is 15.9 Å². The van der Waals surface area contributed by atoms with Crippen LogP contribution in [0.2, 0.25) is 10.0 Å². The summed E-state index contributed by atoms with van der Waals surface area (Å²) >= 11 is 12.1. The van der Waals surface area contributed by atoms with Crippen LogP contribution in [0.25, 0.3) is 0 Å². The molecule has 4 heteroatoms. The molecule has 1 aliphatic rings. The smallest absolute Gasteiger partial charge is 0.188 e. The summed E-state index contributed by atoms with van der Waals surface area (Å²) in [6.45, 7) is 7.09. The minimum atomic E-state index is -0.703. The van der Waals surface area contributed by atoms with E-state index in [1.165, 1.54) is 0 Å². The van der Waals surface area contributed by atoms with Gasteiger partial charge in [-0.2, -0.15) is 0 Å². The molecule has 2 nitrogen and oxygen atoms in total. The minimum Gasteiger partial charge on any atom is -0.344 e. The highest BCUT2D eigenvalue weighted by atomic mass is 35.5. The van der Waals surface area contributed by atoms with Gasteiger partial charge >= 0.3 is 0 Å². The lowest BCUT2D eigenvalue weighted by Gasteiger charge is -2.25. The fraction of sp³-hybridized carbons (Fsp3) is 0.385. The summed E-state index contributed by atoms with van der Waals surface area (Å²) in [6.07, 6.45) is 0.593. The summed E-state index contributed by atoms with van der Waals surface area (Å²) in [5.41, 5.74) is 1.78. The highest BCUT2D eigenvalue weighted by molar-refractivity contribution is 6.42. The Kier molecular flexibility index (Phi) is 3.79. The first-order valence-electron chi connectivity index (χ1n) is 5.42. The largest absolute Gasteiger partial charge is 0.344 e. The molecule has 1 aliphatic heterocycles. The van der Waals surface area contributed by atoms with Gasteiger partial charge in [-0.25, -0.2) is 0 Å². The lowest BCUT2D eigenvalue weighted by Crippen LogP contribution is -2.28. The van der Waals surface area contributed by atoms with Gasteiger partial charge in [-0.3, -0.25) is 0 Å². The van der Waals surface area contributed by atoms with E-state index in [2.05, 4.69) is 6.58 Å². The maximum Gasteiger partial charge on any atom is 0.188 e. The highest BCUT2D eigenvalue weighted by Gasteiger charge is 2.34. The fourth-order valence-electron chi connectivity index (χ4n) is 1.79. The van der Waals surface area contributed by atoms with Gasteiger partial charge in [-0.1, -0.05) is 41.9 Å². The molecule has 0 amide bonds. The van der Waals surface area contributed by atoms with E-state index in [9.17, 15) is 0 Å². The van der Waals surface area contributed by atoms with E-state index in [1.54, 1.807) is 6.07 Å². The number of rotatable bonds is 3. The van der Waals surface area contributed by atoms with Gasteiger partial charge < -0.3 is 9.47 Å². The molecule has 0 radical (unpaired) electrons. The number of halogens is 2. The van der Waals surface area contributed by atoms with Crippen molar-refractivity contribution in [2.75, 3.05) is 13.2 Å². The molecule has 92 valence electrons. The van der Waals surface area contributed by atoms with Crippen LogP contribution in [0.15, 0.2) is 30.4 Å². The van der Waals surface area contributed by atoms with Crippen molar-refractivity contribution in [3.05, 3.63) is 46.0 Å². The molecule has 0 N–H and O–H groups in total. The highest BCUT2D eigenvalue weighted by Crippen LogP contribution is 2.32. The summed E-state index contributed by atoms with van der Waals surface area (Å²) in [5, 5.41) is 1.12. The molecule has 0 saturated carbocycles. The SMILES string of the molecule is C=C(Cc1cccc(Cl)c1Cl)C1(C)OCCO1. The van der Waals surface area contributed by atoms with Gasteiger partial charge in [0.05, 0.1) is 23.3 Å². The molecule has 1 heterocycles. The van der Waals surface area contributed by atoms with E-state index >= 15 is 0 Å². The fourth-order valence-corrected chi connectivity index (χ4v) is 2.18. The molecule has 0 bridgehead atoms. The van der Waals surface area contributed by atoms with Crippen LogP contribution in [0.5, 0.6) is 0 Å². The van der Waals surface area contributed by atoms with E-state index in [4.69, 9.17) is 32.7 Å². The number of benzene rings is 1. The molecule has 0 atom stereocenters. The van der Waals surface area contributed by atoms with Gasteiger partial charge in [0.25, 0.3) is 0 Å². The van der Waals surface area contributed by atoms with E-state index < -0.39 is 5.79 Å². The molecule has 2 rings (SSSR count). The van der Waals surface area contributed by atoms with Crippen LogP contribution in [0.1, 0.15) is 12.5 Å². The van der Waals surface area contributed by atoms with Gasteiger partial charge in [0.2, 0.25) is 0 Å². The van der Waals surface area contributed by atoms with E-state index in [0.29, 0.717) is 29.7 Å². The van der Waals surface area contributed by atoms with Crippen molar-refractivity contribution < 1.29 is 9.47 Å². The molecule has 0 aromatic heterocycles. The Morgan fingerprint density at radius 2 is 2.00 bits per heavy atom. The monoisotopic (exact) mass is 272 g/mol. The summed E-state index contributed by atoms with van der Waals surface area (Å²) in [5.74, 6) is -0.703. The van der Waals surface area contributed by atoms with Gasteiger partial charge in [0, 0.05) is 0 Å². The van der Waals surface area contributed by atoms with Crippen molar-refractivity contribution in [3.63, 3.8) is 0 Å². The lowest BCUT2D eigenvalue weighted by atomic mass is 10.0. The van der Waals surface area contributed by atoms with E-state index in [0.717, 1.165) is 11.1 Å². The zero-order chi connectivity index (χ0) is 12.5. The van der Waals surface area contributed by atoms with Gasteiger partial charge in [-0.05, 0) is 30.5 Å². The molecular weight excluding hydrogens is 259 g/mol. The van der Waals surface area contributed by atoms with Crippen LogP contribution in [0.4, 0.5) is 0 Å². The van der Waals surface area contributed by atoms with Crippen molar-refractivity contribution in [1.29, 1.82) is 0 Å². The quantitative estimate of drug-likeness (QED) is 0.779. The summed E-state index contributed by atoms with van der Waals surface area (Å²) in [7, 11) is 0. The van der Waals surface area contributed by atoms with Crippen molar-refractivity contribution >= 4 is 23.2 Å². The minimum absolute atomic E-state index is 0.551. The third kappa shape index (κ3) is 2.66. The van der Waals surface area contributed by atoms with Crippen LogP contribution in [0, 0.1) is 0 Å². The number of hydrogen-bond donors (Lipinski definition) is 0. The van der Waals surface area contributed by atoms with Crippen LogP contribution >= 0.6 is 23.2 Å². The number of ether oxygens (including phenoxy) is 2. The van der Waals surface area contributed by atoms with Gasteiger partial charge in [0.15, 0.2) is 5.79 Å². The zero-order valence-electron chi connectivity index (χ0n) is 9.63. The van der Waals surface area contributed by atoms with E-state index in [-0.39, 0.29) is 0 Å². The van der Waals surface area contributed by atoms with Crippen molar-refractivity contribution in [1.82, 2.24) is 0 Å². The molecule has 1 saturated heterocycles. The first-order valence-corrected chi connectivity index (χ1v) is 6.17. The zero-order valence-corrected chi connectivity index (χ0v) is 11.1. The summed E-state index contributed by atoms with van der Waals surface area (Å²) in [4.78, 5) is 0. The van der Waals surface area contributed by atoms with Crippen LogP contribution < -0.4 is 0 Å². The molecule has 1 aromatic carbocycles. The first kappa shape index (κ1) is 12.9. The normalized spacial score (nSPS) is 18.3. The van der Waals surface area contributed by atoms with Crippen molar-refractivity contribution in [2.24, 2.45) is 0 Å². The van der Waals surface area contributed by atoms with Crippen molar-refractivity contribution in [2.45, 2.75) is 19.1 Å². The second-order valence-electron chi connectivity index (χ2n) is 4.14. The first-order chi connectivity index (χ1) is 8.03. The Morgan fingerprint density at radius 3 is 2.65 bits per heavy atom. The van der Waals surface area contributed by atoms with Crippen LogP contribution in [-0.4, -0.2) is 19.0 Å². The van der Waals surface area contributed by atoms with Gasteiger partial charge in [0.1, 0.15) is 0 Å². The third-order valence-corrected chi connectivity index (χ3v) is 3.77. The summed E-state index contributed by atoms with van der Waals surface area (Å²) < 4.78 is 11.1. The third-order valence-electron chi connectivity index (χ3n) is 2.92. The summed E-state index contributed by atoms with van der Waals surface area (Å²) in [6, 6.07) is 5.56. The topological polar surface area (TPSA) is 18.5 Å². The second kappa shape index (κ2) is 4.99. The Balaban J connectivity index is 2.16. The molecular formula is C13H14Cl2O2. The molecule has 1 aromatic rings. The molecule has 1 fully saturated rings. The van der Waals surface area contributed by atoms with E-state index in [1.807, 2.05) is 19.1 Å². The molecule has 0 aliphatic carbocycles. The predicted molar refractivity (Wildman–Crippen MR) is 69.6 cm³/mol. The maximum atomic E-state index is 6.13. The number of hydrogen-bond acceptors (Lipinski definition) is 2. The molecule has 0 spiro atoms. The Hall–Kier alpha value is -0.540. The molecule has 0 unspecified atom stereocenters. The van der Waals surface area contributed by atoms with Crippen LogP contribution in [0.3, 0.4) is 0 Å².